The van der Waals surface area contributed by atoms with Crippen molar-refractivity contribution < 1.29 is 13.2 Å². The van der Waals surface area contributed by atoms with Crippen LogP contribution in [0, 0.1) is 0 Å². The molecule has 2 aromatic rings. The number of aromatic nitrogens is 2. The van der Waals surface area contributed by atoms with E-state index in [-0.39, 0.29) is 17.9 Å². The minimum absolute atomic E-state index is 0.0838. The molecule has 1 aromatic heterocycles. The van der Waals surface area contributed by atoms with Crippen LogP contribution >= 0.6 is 11.6 Å². The molecule has 1 saturated carbocycles. The molecule has 2 aliphatic rings. The van der Waals surface area contributed by atoms with E-state index in [0.29, 0.717) is 25.1 Å². The van der Waals surface area contributed by atoms with Crippen molar-refractivity contribution in [1.82, 2.24) is 14.5 Å². The number of aryl methyl sites for hydroxylation is 1. The fourth-order valence-electron chi connectivity index (χ4n) is 5.08. The Kier molecular flexibility index (Phi) is 7.06. The van der Waals surface area contributed by atoms with Crippen molar-refractivity contribution in [2.75, 3.05) is 25.2 Å². The summed E-state index contributed by atoms with van der Waals surface area (Å²) in [6.07, 6.45) is 10.3. The number of hydrogen-bond donors (Lipinski definition) is 0. The summed E-state index contributed by atoms with van der Waals surface area (Å²) >= 11 is 6.05. The molecule has 1 aromatic carbocycles. The van der Waals surface area contributed by atoms with E-state index in [1.807, 2.05) is 30.1 Å². The standard InChI is InChI=1S/C23H32ClN3O3S/c1-26-13-23(25-16-26)18-5-9-20(10-6-18)27-12-22(15-31(2,28)29)30-14-21(27)11-17-3-7-19(24)8-4-17/h3-4,7-8,13,16,18,20-22H,5-6,9-12,14-15H2,1-2H3/t18?,20?,21-,22+/m0/s1. The molecule has 0 unspecified atom stereocenters. The summed E-state index contributed by atoms with van der Waals surface area (Å²) in [5.41, 5.74) is 2.42. The van der Waals surface area contributed by atoms with Crippen LogP contribution in [0.1, 0.15) is 42.9 Å². The van der Waals surface area contributed by atoms with Crippen molar-refractivity contribution in [2.24, 2.45) is 7.05 Å². The number of imidazole rings is 1. The van der Waals surface area contributed by atoms with Crippen LogP contribution in [0.3, 0.4) is 0 Å². The van der Waals surface area contributed by atoms with Crippen molar-refractivity contribution in [3.8, 4) is 0 Å². The number of hydrogen-bond acceptors (Lipinski definition) is 5. The van der Waals surface area contributed by atoms with Crippen LogP contribution in [-0.4, -0.2) is 66.2 Å². The lowest BCUT2D eigenvalue weighted by molar-refractivity contribution is -0.0755. The summed E-state index contributed by atoms with van der Waals surface area (Å²) in [6.45, 7) is 1.23. The molecule has 1 saturated heterocycles. The van der Waals surface area contributed by atoms with E-state index in [1.54, 1.807) is 0 Å². The van der Waals surface area contributed by atoms with Gasteiger partial charge in [-0.1, -0.05) is 23.7 Å². The van der Waals surface area contributed by atoms with Gasteiger partial charge in [-0.15, -0.1) is 0 Å². The summed E-state index contributed by atoms with van der Waals surface area (Å²) < 4.78 is 31.8. The Labute approximate surface area is 190 Å². The van der Waals surface area contributed by atoms with Crippen molar-refractivity contribution in [3.63, 3.8) is 0 Å². The van der Waals surface area contributed by atoms with Gasteiger partial charge in [-0.05, 0) is 49.8 Å². The molecule has 1 aliphatic carbocycles. The Morgan fingerprint density at radius 2 is 1.87 bits per heavy atom. The van der Waals surface area contributed by atoms with E-state index >= 15 is 0 Å². The van der Waals surface area contributed by atoms with E-state index in [1.165, 1.54) is 17.5 Å². The second kappa shape index (κ2) is 9.61. The molecule has 0 N–H and O–H groups in total. The van der Waals surface area contributed by atoms with Gasteiger partial charge in [0, 0.05) is 49.1 Å². The SMILES string of the molecule is Cn1cnc(C2CCC(N3C[C@H](CS(C)(=O)=O)OC[C@@H]3Cc3ccc(Cl)cc3)CC2)c1. The van der Waals surface area contributed by atoms with Crippen LogP contribution < -0.4 is 0 Å². The molecular formula is C23H32ClN3O3S. The number of halogens is 1. The first-order valence-corrected chi connectivity index (χ1v) is 13.5. The first-order valence-electron chi connectivity index (χ1n) is 11.0. The van der Waals surface area contributed by atoms with Crippen molar-refractivity contribution in [2.45, 2.75) is 56.2 Å². The Bertz CT molecular complexity index is 968. The lowest BCUT2D eigenvalue weighted by Crippen LogP contribution is -2.56. The molecule has 2 heterocycles. The Hall–Kier alpha value is -1.41. The molecule has 2 atom stereocenters. The summed E-state index contributed by atoms with van der Waals surface area (Å²) in [7, 11) is -1.07. The average molecular weight is 466 g/mol. The van der Waals surface area contributed by atoms with Gasteiger partial charge in [0.05, 0.1) is 30.5 Å². The van der Waals surface area contributed by atoms with E-state index < -0.39 is 9.84 Å². The van der Waals surface area contributed by atoms with Gasteiger partial charge >= 0.3 is 0 Å². The zero-order valence-electron chi connectivity index (χ0n) is 18.3. The highest BCUT2D eigenvalue weighted by Gasteiger charge is 2.37. The predicted molar refractivity (Wildman–Crippen MR) is 123 cm³/mol. The molecule has 31 heavy (non-hydrogen) atoms. The summed E-state index contributed by atoms with van der Waals surface area (Å²) in [6, 6.07) is 8.68. The number of nitrogens with zero attached hydrogens (tertiary/aromatic N) is 3. The van der Waals surface area contributed by atoms with Crippen LogP contribution in [0.2, 0.25) is 5.02 Å². The minimum Gasteiger partial charge on any atom is -0.374 e. The predicted octanol–water partition coefficient (Wildman–Crippen LogP) is 3.46. The lowest BCUT2D eigenvalue weighted by Gasteiger charge is -2.46. The molecule has 0 amide bonds. The third-order valence-electron chi connectivity index (χ3n) is 6.59. The van der Waals surface area contributed by atoms with Gasteiger partial charge in [0.15, 0.2) is 0 Å². The first-order chi connectivity index (χ1) is 14.8. The number of benzene rings is 1. The van der Waals surface area contributed by atoms with Crippen LogP contribution in [0.15, 0.2) is 36.8 Å². The van der Waals surface area contributed by atoms with Gasteiger partial charge in [-0.25, -0.2) is 13.4 Å². The Balaban J connectivity index is 1.45. The van der Waals surface area contributed by atoms with Crippen LogP contribution in [0.5, 0.6) is 0 Å². The molecule has 8 heteroatoms. The Morgan fingerprint density at radius 3 is 2.48 bits per heavy atom. The fraction of sp³-hybridized carbons (Fsp3) is 0.609. The molecular weight excluding hydrogens is 434 g/mol. The topological polar surface area (TPSA) is 64.4 Å². The van der Waals surface area contributed by atoms with E-state index in [9.17, 15) is 8.42 Å². The number of sulfone groups is 1. The lowest BCUT2D eigenvalue weighted by atomic mass is 9.82. The summed E-state index contributed by atoms with van der Waals surface area (Å²) in [4.78, 5) is 7.09. The number of ether oxygens (including phenoxy) is 1. The molecule has 6 nitrogen and oxygen atoms in total. The quantitative estimate of drug-likeness (QED) is 0.653. The molecule has 2 fully saturated rings. The zero-order valence-corrected chi connectivity index (χ0v) is 19.9. The normalized spacial score (nSPS) is 28.0. The highest BCUT2D eigenvalue weighted by molar-refractivity contribution is 7.90. The monoisotopic (exact) mass is 465 g/mol. The maximum Gasteiger partial charge on any atom is 0.150 e. The van der Waals surface area contributed by atoms with Crippen molar-refractivity contribution in [3.05, 3.63) is 53.1 Å². The maximum absolute atomic E-state index is 11.9. The first kappa shape index (κ1) is 22.8. The smallest absolute Gasteiger partial charge is 0.150 e. The van der Waals surface area contributed by atoms with Gasteiger partial charge in [0.2, 0.25) is 0 Å². The molecule has 0 bridgehead atoms. The second-order valence-corrected chi connectivity index (χ2v) is 11.8. The Morgan fingerprint density at radius 1 is 1.16 bits per heavy atom. The fourth-order valence-corrected chi connectivity index (χ4v) is 6.08. The van der Waals surface area contributed by atoms with Gasteiger partial charge < -0.3 is 9.30 Å². The number of morpholine rings is 1. The molecule has 4 rings (SSSR count). The zero-order chi connectivity index (χ0) is 22.0. The highest BCUT2D eigenvalue weighted by Crippen LogP contribution is 2.36. The van der Waals surface area contributed by atoms with E-state index in [4.69, 9.17) is 16.3 Å². The van der Waals surface area contributed by atoms with Gasteiger partial charge in [-0.3, -0.25) is 4.90 Å². The van der Waals surface area contributed by atoms with E-state index in [0.717, 1.165) is 37.1 Å². The maximum atomic E-state index is 11.9. The van der Waals surface area contributed by atoms with Crippen molar-refractivity contribution in [1.29, 1.82) is 0 Å². The van der Waals surface area contributed by atoms with Crippen LogP contribution in [0.25, 0.3) is 0 Å². The molecule has 1 aliphatic heterocycles. The number of rotatable bonds is 6. The second-order valence-electron chi connectivity index (χ2n) is 9.20. The average Bonchev–Trinajstić information content (AvgIpc) is 3.16. The third kappa shape index (κ3) is 6.09. The third-order valence-corrected chi connectivity index (χ3v) is 7.82. The van der Waals surface area contributed by atoms with Crippen LogP contribution in [0.4, 0.5) is 0 Å². The van der Waals surface area contributed by atoms with Gasteiger partial charge in [0.1, 0.15) is 9.84 Å². The summed E-state index contributed by atoms with van der Waals surface area (Å²) in [5, 5.41) is 0.738. The minimum atomic E-state index is -3.08. The summed E-state index contributed by atoms with van der Waals surface area (Å²) in [5.74, 6) is 0.598. The molecule has 170 valence electrons. The van der Waals surface area contributed by atoms with Crippen LogP contribution in [-0.2, 0) is 28.0 Å². The highest BCUT2D eigenvalue weighted by atomic mass is 35.5. The largest absolute Gasteiger partial charge is 0.374 e. The molecule has 0 radical (unpaired) electrons. The van der Waals surface area contributed by atoms with Crippen molar-refractivity contribution >= 4 is 21.4 Å². The van der Waals surface area contributed by atoms with E-state index in [2.05, 4.69) is 28.2 Å². The molecule has 0 spiro atoms. The van der Waals surface area contributed by atoms with Gasteiger partial charge in [0.25, 0.3) is 0 Å². The van der Waals surface area contributed by atoms with Gasteiger partial charge in [-0.2, -0.15) is 0 Å².